The summed E-state index contributed by atoms with van der Waals surface area (Å²) in [5.41, 5.74) is 0.550. The molecular formula is C15H18N4O3S. The molecule has 3 rings (SSSR count). The average molecular weight is 334 g/mol. The summed E-state index contributed by atoms with van der Waals surface area (Å²) in [6.07, 6.45) is 0.629. The van der Waals surface area contributed by atoms with E-state index >= 15 is 0 Å². The number of aromatic nitrogens is 3. The van der Waals surface area contributed by atoms with Crippen LogP contribution in [-0.4, -0.2) is 39.8 Å². The van der Waals surface area contributed by atoms with Crippen molar-refractivity contribution in [3.05, 3.63) is 29.6 Å². The lowest BCUT2D eigenvalue weighted by Crippen LogP contribution is -2.26. The largest absolute Gasteiger partial charge is 0.454 e. The Morgan fingerprint density at radius 1 is 1.35 bits per heavy atom. The van der Waals surface area contributed by atoms with Gasteiger partial charge in [0.25, 0.3) is 5.91 Å². The predicted molar refractivity (Wildman–Crippen MR) is 86.0 cm³/mol. The Balaban J connectivity index is 1.55. The Hall–Kier alpha value is -2.22. The molecule has 122 valence electrons. The van der Waals surface area contributed by atoms with Gasteiger partial charge < -0.3 is 19.4 Å². The Kier molecular flexibility index (Phi) is 4.71. The van der Waals surface area contributed by atoms with E-state index in [1.54, 1.807) is 30.0 Å². The van der Waals surface area contributed by atoms with Crippen molar-refractivity contribution in [2.75, 3.05) is 19.1 Å². The highest BCUT2D eigenvalue weighted by atomic mass is 32.2. The summed E-state index contributed by atoms with van der Waals surface area (Å²) in [6.45, 7) is 2.77. The van der Waals surface area contributed by atoms with E-state index < -0.39 is 0 Å². The van der Waals surface area contributed by atoms with E-state index in [1.807, 2.05) is 11.6 Å². The number of carbonyl (C=O) groups is 1. The molecule has 0 saturated heterocycles. The molecule has 8 heteroatoms. The fourth-order valence-corrected chi connectivity index (χ4v) is 2.90. The smallest absolute Gasteiger partial charge is 0.251 e. The molecule has 0 aliphatic carbocycles. The molecule has 1 aromatic heterocycles. The number of amides is 1. The number of nitrogens with one attached hydrogen (secondary N) is 1. The van der Waals surface area contributed by atoms with Gasteiger partial charge in [-0.3, -0.25) is 4.79 Å². The standard InChI is InChI=1S/C15H18N4O3S/c1-3-23-15-18-17-13(19(15)2)6-7-16-14(20)10-4-5-11-12(8-10)22-9-21-11/h4-5,8H,3,6-7,9H2,1-2H3,(H,16,20). The van der Waals surface area contributed by atoms with Crippen LogP contribution in [0.15, 0.2) is 23.4 Å². The molecule has 2 heterocycles. The van der Waals surface area contributed by atoms with E-state index in [2.05, 4.69) is 22.4 Å². The summed E-state index contributed by atoms with van der Waals surface area (Å²) in [6, 6.07) is 5.16. The monoisotopic (exact) mass is 334 g/mol. The molecule has 7 nitrogen and oxygen atoms in total. The van der Waals surface area contributed by atoms with Crippen molar-refractivity contribution in [2.45, 2.75) is 18.5 Å². The van der Waals surface area contributed by atoms with Gasteiger partial charge in [-0.05, 0) is 24.0 Å². The van der Waals surface area contributed by atoms with E-state index in [0.29, 0.717) is 30.0 Å². The molecule has 0 fully saturated rings. The molecule has 1 aliphatic rings. The predicted octanol–water partition coefficient (Wildman–Crippen LogP) is 1.63. The van der Waals surface area contributed by atoms with E-state index in [0.717, 1.165) is 16.7 Å². The molecule has 1 aromatic carbocycles. The van der Waals surface area contributed by atoms with E-state index in [4.69, 9.17) is 9.47 Å². The Bertz CT molecular complexity index is 717. The first-order valence-electron chi connectivity index (χ1n) is 7.38. The number of nitrogens with zero attached hydrogens (tertiary/aromatic N) is 3. The van der Waals surface area contributed by atoms with Gasteiger partial charge in [-0.15, -0.1) is 10.2 Å². The number of rotatable bonds is 6. The minimum absolute atomic E-state index is 0.145. The second-order valence-electron chi connectivity index (χ2n) is 4.96. The fourth-order valence-electron chi connectivity index (χ4n) is 2.25. The molecule has 0 saturated carbocycles. The second-order valence-corrected chi connectivity index (χ2v) is 6.20. The van der Waals surface area contributed by atoms with E-state index in [1.165, 1.54) is 0 Å². The van der Waals surface area contributed by atoms with Crippen LogP contribution in [0.5, 0.6) is 11.5 Å². The van der Waals surface area contributed by atoms with Crippen molar-refractivity contribution < 1.29 is 14.3 Å². The summed E-state index contributed by atoms with van der Waals surface area (Å²) in [5, 5.41) is 12.1. The van der Waals surface area contributed by atoms with E-state index in [-0.39, 0.29) is 12.7 Å². The molecule has 0 unspecified atom stereocenters. The van der Waals surface area contributed by atoms with Crippen molar-refractivity contribution in [1.29, 1.82) is 0 Å². The molecule has 0 bridgehead atoms. The molecule has 0 spiro atoms. The van der Waals surface area contributed by atoms with E-state index in [9.17, 15) is 4.79 Å². The highest BCUT2D eigenvalue weighted by Crippen LogP contribution is 2.32. The SMILES string of the molecule is CCSc1nnc(CCNC(=O)c2ccc3c(c2)OCO3)n1C. The fraction of sp³-hybridized carbons (Fsp3) is 0.400. The highest BCUT2D eigenvalue weighted by Gasteiger charge is 2.16. The van der Waals surface area contributed by atoms with Gasteiger partial charge in [0, 0.05) is 25.6 Å². The molecule has 2 aromatic rings. The van der Waals surface area contributed by atoms with Gasteiger partial charge in [0.1, 0.15) is 5.82 Å². The molecule has 1 N–H and O–H groups in total. The zero-order chi connectivity index (χ0) is 16.2. The Morgan fingerprint density at radius 3 is 3.00 bits per heavy atom. The van der Waals surface area contributed by atoms with Crippen molar-refractivity contribution in [3.8, 4) is 11.5 Å². The summed E-state index contributed by atoms with van der Waals surface area (Å²) in [4.78, 5) is 12.2. The van der Waals surface area contributed by atoms with Crippen LogP contribution in [0.4, 0.5) is 0 Å². The van der Waals surface area contributed by atoms with Crippen LogP contribution in [0.25, 0.3) is 0 Å². The lowest BCUT2D eigenvalue weighted by atomic mass is 10.2. The number of thioether (sulfide) groups is 1. The maximum Gasteiger partial charge on any atom is 0.251 e. The molecule has 0 radical (unpaired) electrons. The van der Waals surface area contributed by atoms with Crippen molar-refractivity contribution in [3.63, 3.8) is 0 Å². The second kappa shape index (κ2) is 6.91. The first-order valence-corrected chi connectivity index (χ1v) is 8.36. The minimum Gasteiger partial charge on any atom is -0.454 e. The van der Waals surface area contributed by atoms with Crippen LogP contribution >= 0.6 is 11.8 Å². The van der Waals surface area contributed by atoms with Crippen LogP contribution in [0.3, 0.4) is 0 Å². The molecule has 1 amide bonds. The number of carbonyl (C=O) groups excluding carboxylic acids is 1. The van der Waals surface area contributed by atoms with Crippen molar-refractivity contribution >= 4 is 17.7 Å². The maximum absolute atomic E-state index is 12.2. The van der Waals surface area contributed by atoms with Crippen LogP contribution in [0, 0.1) is 0 Å². The van der Waals surface area contributed by atoms with Gasteiger partial charge in [0.15, 0.2) is 16.7 Å². The number of fused-ring (bicyclic) bond motifs is 1. The topological polar surface area (TPSA) is 78.3 Å². The Morgan fingerprint density at radius 2 is 2.17 bits per heavy atom. The quantitative estimate of drug-likeness (QED) is 0.809. The first kappa shape index (κ1) is 15.7. The van der Waals surface area contributed by atoms with Gasteiger partial charge in [-0.1, -0.05) is 18.7 Å². The third-order valence-electron chi connectivity index (χ3n) is 3.47. The summed E-state index contributed by atoms with van der Waals surface area (Å²) in [7, 11) is 1.94. The maximum atomic E-state index is 12.2. The Labute approximate surface area is 138 Å². The van der Waals surface area contributed by atoms with Gasteiger partial charge in [-0.2, -0.15) is 0 Å². The van der Waals surface area contributed by atoms with Gasteiger partial charge in [0.05, 0.1) is 0 Å². The third-order valence-corrected chi connectivity index (χ3v) is 4.37. The summed E-state index contributed by atoms with van der Waals surface area (Å²) in [5.74, 6) is 2.93. The normalized spacial score (nSPS) is 12.4. The first-order chi connectivity index (χ1) is 11.2. The van der Waals surface area contributed by atoms with Crippen LogP contribution in [-0.2, 0) is 13.5 Å². The zero-order valence-electron chi connectivity index (χ0n) is 13.0. The molecule has 23 heavy (non-hydrogen) atoms. The molecule has 1 aliphatic heterocycles. The van der Waals surface area contributed by atoms with Gasteiger partial charge >= 0.3 is 0 Å². The summed E-state index contributed by atoms with van der Waals surface area (Å²) < 4.78 is 12.5. The van der Waals surface area contributed by atoms with Crippen LogP contribution < -0.4 is 14.8 Å². The number of hydrogen-bond donors (Lipinski definition) is 1. The molecular weight excluding hydrogens is 316 g/mol. The molecule has 0 atom stereocenters. The lowest BCUT2D eigenvalue weighted by Gasteiger charge is -2.06. The zero-order valence-corrected chi connectivity index (χ0v) is 13.9. The van der Waals surface area contributed by atoms with Crippen molar-refractivity contribution in [1.82, 2.24) is 20.1 Å². The number of benzene rings is 1. The minimum atomic E-state index is -0.145. The third kappa shape index (κ3) is 3.42. The average Bonchev–Trinajstić information content (AvgIpc) is 3.15. The van der Waals surface area contributed by atoms with Gasteiger partial charge in [0.2, 0.25) is 6.79 Å². The van der Waals surface area contributed by atoms with Crippen LogP contribution in [0.2, 0.25) is 0 Å². The van der Waals surface area contributed by atoms with Crippen LogP contribution in [0.1, 0.15) is 23.1 Å². The lowest BCUT2D eigenvalue weighted by molar-refractivity contribution is 0.0953. The number of ether oxygens (including phenoxy) is 2. The highest BCUT2D eigenvalue weighted by molar-refractivity contribution is 7.99. The van der Waals surface area contributed by atoms with Crippen molar-refractivity contribution in [2.24, 2.45) is 7.05 Å². The summed E-state index contributed by atoms with van der Waals surface area (Å²) >= 11 is 1.65. The number of hydrogen-bond acceptors (Lipinski definition) is 6. The van der Waals surface area contributed by atoms with Gasteiger partial charge in [-0.25, -0.2) is 0 Å².